The van der Waals surface area contributed by atoms with Gasteiger partial charge in [-0.25, -0.2) is 9.78 Å². The Labute approximate surface area is 170 Å². The molecule has 154 valence electrons. The van der Waals surface area contributed by atoms with Gasteiger partial charge in [0.2, 0.25) is 5.91 Å². The second-order valence-electron chi connectivity index (χ2n) is 7.79. The number of likely N-dealkylation sites (N-methyl/N-ethyl adjacent to an activating group) is 1. The minimum atomic E-state index is -0.0935. The minimum Gasteiger partial charge on any atom is -0.341 e. The zero-order chi connectivity index (χ0) is 19.5. The van der Waals surface area contributed by atoms with Crippen LogP contribution in [0.2, 0.25) is 0 Å². The number of anilines is 1. The summed E-state index contributed by atoms with van der Waals surface area (Å²) in [6.07, 6.45) is 2.30. The number of nitrogens with one attached hydrogen (secondary N) is 1. The summed E-state index contributed by atoms with van der Waals surface area (Å²) in [6.45, 7) is 10.9. The van der Waals surface area contributed by atoms with Crippen molar-refractivity contribution in [2.24, 2.45) is 0 Å². The number of hydrogen-bond acceptors (Lipinski definition) is 6. The Kier molecular flexibility index (Phi) is 6.13. The molecule has 1 aromatic heterocycles. The van der Waals surface area contributed by atoms with Gasteiger partial charge >= 0.3 is 6.03 Å². The molecule has 1 unspecified atom stereocenters. The Morgan fingerprint density at radius 1 is 1.25 bits per heavy atom. The van der Waals surface area contributed by atoms with E-state index in [1.165, 1.54) is 11.3 Å². The van der Waals surface area contributed by atoms with Gasteiger partial charge in [0, 0.05) is 63.8 Å². The highest BCUT2D eigenvalue weighted by atomic mass is 32.1. The zero-order valence-corrected chi connectivity index (χ0v) is 17.4. The van der Waals surface area contributed by atoms with E-state index in [9.17, 15) is 9.59 Å². The predicted octanol–water partition coefficient (Wildman–Crippen LogP) is 0.844. The lowest BCUT2D eigenvalue weighted by atomic mass is 10.2. The fourth-order valence-electron chi connectivity index (χ4n) is 4.29. The maximum atomic E-state index is 12.8. The van der Waals surface area contributed by atoms with E-state index in [0.29, 0.717) is 24.1 Å². The molecule has 3 fully saturated rings. The largest absolute Gasteiger partial charge is 0.341 e. The van der Waals surface area contributed by atoms with Crippen LogP contribution in [0.4, 0.5) is 9.93 Å². The molecular weight excluding hydrogens is 376 g/mol. The highest BCUT2D eigenvalue weighted by molar-refractivity contribution is 7.14. The van der Waals surface area contributed by atoms with Crippen LogP contribution in [0.5, 0.6) is 0 Å². The first-order valence-electron chi connectivity index (χ1n) is 10.4. The van der Waals surface area contributed by atoms with Crippen molar-refractivity contribution in [1.29, 1.82) is 0 Å². The number of rotatable bonds is 5. The molecule has 1 aromatic rings. The van der Waals surface area contributed by atoms with E-state index < -0.39 is 0 Å². The van der Waals surface area contributed by atoms with Gasteiger partial charge < -0.3 is 15.1 Å². The van der Waals surface area contributed by atoms with Gasteiger partial charge in [0.1, 0.15) is 0 Å². The molecule has 4 rings (SSSR count). The molecule has 3 aliphatic rings. The molecule has 3 amide bonds. The Morgan fingerprint density at radius 2 is 2.07 bits per heavy atom. The molecule has 0 spiro atoms. The highest BCUT2D eigenvalue weighted by Crippen LogP contribution is 2.24. The van der Waals surface area contributed by atoms with E-state index in [-0.39, 0.29) is 11.9 Å². The maximum absolute atomic E-state index is 12.8. The van der Waals surface area contributed by atoms with Gasteiger partial charge in [-0.15, -0.1) is 11.3 Å². The molecule has 9 heteroatoms. The third kappa shape index (κ3) is 4.31. The summed E-state index contributed by atoms with van der Waals surface area (Å²) in [5, 5.41) is 5.44. The second-order valence-corrected chi connectivity index (χ2v) is 8.62. The Balaban J connectivity index is 1.28. The third-order valence-electron chi connectivity index (χ3n) is 6.07. The Bertz CT molecular complexity index is 702. The number of hydrogen-bond donors (Lipinski definition) is 1. The van der Waals surface area contributed by atoms with E-state index in [4.69, 9.17) is 0 Å². The van der Waals surface area contributed by atoms with Crippen LogP contribution < -0.4 is 10.2 Å². The molecule has 3 saturated heterocycles. The summed E-state index contributed by atoms with van der Waals surface area (Å²) in [7, 11) is 0. The van der Waals surface area contributed by atoms with Crippen LogP contribution in [0.15, 0.2) is 5.38 Å². The number of piperazine rings is 1. The van der Waals surface area contributed by atoms with Gasteiger partial charge in [-0.1, -0.05) is 6.92 Å². The summed E-state index contributed by atoms with van der Waals surface area (Å²) >= 11 is 1.44. The molecule has 1 atom stereocenters. The van der Waals surface area contributed by atoms with Crippen LogP contribution in [0.3, 0.4) is 0 Å². The van der Waals surface area contributed by atoms with Crippen molar-refractivity contribution in [2.45, 2.75) is 32.2 Å². The number of likely N-dealkylation sites (tertiary alicyclic amines) is 1. The van der Waals surface area contributed by atoms with E-state index in [2.05, 4.69) is 27.0 Å². The normalized spacial score (nSPS) is 24.6. The van der Waals surface area contributed by atoms with Crippen LogP contribution in [-0.2, 0) is 11.2 Å². The molecular formula is C19H30N6O2S. The molecule has 1 N–H and O–H groups in total. The third-order valence-corrected chi connectivity index (χ3v) is 6.98. The number of urea groups is 1. The quantitative estimate of drug-likeness (QED) is 0.785. The number of carbonyl (C=O) groups excluding carboxylic acids is 2. The SMILES string of the molecule is CCN1CCN(C2CCN(C(=O)Cc3csc(N4CCCNC4=O)n3)C2)CC1. The topological polar surface area (TPSA) is 72.0 Å². The molecule has 0 aromatic carbocycles. The van der Waals surface area contributed by atoms with E-state index in [0.717, 1.165) is 70.9 Å². The van der Waals surface area contributed by atoms with E-state index in [1.54, 1.807) is 4.90 Å². The smallest absolute Gasteiger partial charge is 0.323 e. The Morgan fingerprint density at radius 3 is 2.82 bits per heavy atom. The number of nitrogens with zero attached hydrogens (tertiary/aromatic N) is 5. The maximum Gasteiger partial charge on any atom is 0.323 e. The first kappa shape index (κ1) is 19.6. The molecule has 4 heterocycles. The molecule has 0 saturated carbocycles. The van der Waals surface area contributed by atoms with Gasteiger partial charge in [0.05, 0.1) is 12.1 Å². The fourth-order valence-corrected chi connectivity index (χ4v) is 5.14. The number of amides is 3. The van der Waals surface area contributed by atoms with Gasteiger partial charge in [-0.3, -0.25) is 14.6 Å². The second kappa shape index (κ2) is 8.75. The molecule has 3 aliphatic heterocycles. The summed E-state index contributed by atoms with van der Waals surface area (Å²) in [4.78, 5) is 38.0. The standard InChI is InChI=1S/C19H30N6O2S/c1-2-22-8-10-23(11-9-22)16-4-7-24(13-16)17(26)12-15-14-28-19(21-15)25-6-3-5-20-18(25)27/h14,16H,2-13H2,1H3,(H,20,27). The van der Waals surface area contributed by atoms with Crippen molar-refractivity contribution >= 4 is 28.4 Å². The first-order chi connectivity index (χ1) is 13.6. The molecule has 0 aliphatic carbocycles. The number of carbonyl (C=O) groups is 2. The first-order valence-corrected chi connectivity index (χ1v) is 11.3. The van der Waals surface area contributed by atoms with Crippen molar-refractivity contribution in [3.8, 4) is 0 Å². The van der Waals surface area contributed by atoms with Gasteiger partial charge in [-0.2, -0.15) is 0 Å². The fraction of sp³-hybridized carbons (Fsp3) is 0.737. The summed E-state index contributed by atoms with van der Waals surface area (Å²) in [6, 6.07) is 0.398. The summed E-state index contributed by atoms with van der Waals surface area (Å²) in [5.74, 6) is 0.148. The van der Waals surface area contributed by atoms with Gasteiger partial charge in [0.25, 0.3) is 0 Å². The molecule has 8 nitrogen and oxygen atoms in total. The van der Waals surface area contributed by atoms with Crippen molar-refractivity contribution in [3.05, 3.63) is 11.1 Å². The van der Waals surface area contributed by atoms with Crippen LogP contribution in [0.1, 0.15) is 25.5 Å². The Hall–Kier alpha value is -1.71. The highest BCUT2D eigenvalue weighted by Gasteiger charge is 2.32. The van der Waals surface area contributed by atoms with Crippen molar-refractivity contribution in [3.63, 3.8) is 0 Å². The number of thiazole rings is 1. The minimum absolute atomic E-state index is 0.0935. The van der Waals surface area contributed by atoms with E-state index in [1.807, 2.05) is 10.3 Å². The lowest BCUT2D eigenvalue weighted by Crippen LogP contribution is -2.51. The summed E-state index contributed by atoms with van der Waals surface area (Å²) < 4.78 is 0. The van der Waals surface area contributed by atoms with E-state index >= 15 is 0 Å². The zero-order valence-electron chi connectivity index (χ0n) is 16.6. The van der Waals surface area contributed by atoms with Crippen LogP contribution in [-0.4, -0.2) is 96.6 Å². The van der Waals surface area contributed by atoms with Crippen LogP contribution >= 0.6 is 11.3 Å². The lowest BCUT2D eigenvalue weighted by Gasteiger charge is -2.37. The molecule has 0 bridgehead atoms. The average molecular weight is 407 g/mol. The molecule has 28 heavy (non-hydrogen) atoms. The average Bonchev–Trinajstić information content (AvgIpc) is 3.38. The van der Waals surface area contributed by atoms with Crippen LogP contribution in [0, 0.1) is 0 Å². The summed E-state index contributed by atoms with van der Waals surface area (Å²) in [5.41, 5.74) is 0.767. The number of aromatic nitrogens is 1. The monoisotopic (exact) mass is 406 g/mol. The molecule has 0 radical (unpaired) electrons. The van der Waals surface area contributed by atoms with Crippen molar-refractivity contribution in [1.82, 2.24) is 25.0 Å². The van der Waals surface area contributed by atoms with Gasteiger partial charge in [0.15, 0.2) is 5.13 Å². The van der Waals surface area contributed by atoms with Crippen molar-refractivity contribution in [2.75, 3.05) is 63.8 Å². The lowest BCUT2D eigenvalue weighted by molar-refractivity contribution is -0.129. The van der Waals surface area contributed by atoms with Gasteiger partial charge in [-0.05, 0) is 19.4 Å². The van der Waals surface area contributed by atoms with Crippen molar-refractivity contribution < 1.29 is 9.59 Å². The van der Waals surface area contributed by atoms with Crippen LogP contribution in [0.25, 0.3) is 0 Å². The predicted molar refractivity (Wildman–Crippen MR) is 110 cm³/mol.